The Kier molecular flexibility index (Phi) is 7.12. The Labute approximate surface area is 89.0 Å². The maximum atomic E-state index is 10.7. The van der Waals surface area contributed by atoms with Crippen LogP contribution in [0.3, 0.4) is 0 Å². The second-order valence-electron chi connectivity index (χ2n) is 2.92. The van der Waals surface area contributed by atoms with Crippen LogP contribution in [0.4, 0.5) is 0 Å². The average molecular weight is 225 g/mol. The highest BCUT2D eigenvalue weighted by Gasteiger charge is 2.33. The van der Waals surface area contributed by atoms with Gasteiger partial charge in [-0.15, -0.1) is 12.4 Å². The van der Waals surface area contributed by atoms with Crippen molar-refractivity contribution in [1.29, 1.82) is 5.41 Å². The van der Waals surface area contributed by atoms with E-state index in [1.54, 1.807) is 0 Å². The molecule has 0 saturated carbocycles. The lowest BCUT2D eigenvalue weighted by molar-refractivity contribution is -0.144. The zero-order valence-corrected chi connectivity index (χ0v) is 8.86. The number of nitrogens with two attached hydrogens (primary N) is 2. The smallest absolute Gasteiger partial charge is 0.344 e. The van der Waals surface area contributed by atoms with Gasteiger partial charge >= 0.3 is 5.97 Å². The van der Waals surface area contributed by atoms with Crippen molar-refractivity contribution in [2.45, 2.75) is 31.8 Å². The third-order valence-corrected chi connectivity index (χ3v) is 1.66. The molecule has 0 saturated heterocycles. The summed E-state index contributed by atoms with van der Waals surface area (Å²) >= 11 is 0. The molecular formula is C7H17ClN4O2. The summed E-state index contributed by atoms with van der Waals surface area (Å²) < 4.78 is 0. The SMILES string of the molecule is CCCCC(N)(NC(=N)N)C(=O)O.Cl. The van der Waals surface area contributed by atoms with Gasteiger partial charge in [0.25, 0.3) is 0 Å². The van der Waals surface area contributed by atoms with Gasteiger partial charge in [0, 0.05) is 0 Å². The minimum Gasteiger partial charge on any atom is -0.478 e. The monoisotopic (exact) mass is 224 g/mol. The van der Waals surface area contributed by atoms with E-state index in [1.807, 2.05) is 6.92 Å². The Bertz CT molecular complexity index is 212. The molecule has 0 spiro atoms. The van der Waals surface area contributed by atoms with Crippen molar-refractivity contribution in [1.82, 2.24) is 5.32 Å². The van der Waals surface area contributed by atoms with Crippen LogP contribution in [0.5, 0.6) is 0 Å². The first-order chi connectivity index (χ1) is 5.92. The first-order valence-corrected chi connectivity index (χ1v) is 4.07. The van der Waals surface area contributed by atoms with E-state index >= 15 is 0 Å². The molecule has 84 valence electrons. The van der Waals surface area contributed by atoms with Crippen LogP contribution >= 0.6 is 12.4 Å². The maximum Gasteiger partial charge on any atom is 0.344 e. The van der Waals surface area contributed by atoms with Crippen LogP contribution in [0, 0.1) is 5.41 Å². The van der Waals surface area contributed by atoms with Gasteiger partial charge in [-0.2, -0.15) is 0 Å². The minimum absolute atomic E-state index is 0. The Morgan fingerprint density at radius 1 is 1.64 bits per heavy atom. The van der Waals surface area contributed by atoms with Crippen LogP contribution in [0.2, 0.25) is 0 Å². The van der Waals surface area contributed by atoms with Crippen molar-refractivity contribution in [2.24, 2.45) is 11.5 Å². The molecule has 0 aromatic rings. The van der Waals surface area contributed by atoms with Gasteiger partial charge in [-0.05, 0) is 12.8 Å². The van der Waals surface area contributed by atoms with Crippen LogP contribution in [0.25, 0.3) is 0 Å². The highest BCUT2D eigenvalue weighted by atomic mass is 35.5. The number of rotatable bonds is 5. The van der Waals surface area contributed by atoms with E-state index in [4.69, 9.17) is 22.0 Å². The van der Waals surface area contributed by atoms with E-state index in [-0.39, 0.29) is 18.8 Å². The number of carbonyl (C=O) groups is 1. The van der Waals surface area contributed by atoms with Crippen molar-refractivity contribution in [3.05, 3.63) is 0 Å². The molecule has 1 unspecified atom stereocenters. The first-order valence-electron chi connectivity index (χ1n) is 4.07. The number of carboxylic acid groups (broad SMARTS) is 1. The van der Waals surface area contributed by atoms with Crippen molar-refractivity contribution in [3.8, 4) is 0 Å². The summed E-state index contributed by atoms with van der Waals surface area (Å²) in [5.41, 5.74) is 8.90. The van der Waals surface area contributed by atoms with E-state index < -0.39 is 17.6 Å². The molecule has 0 aromatic heterocycles. The molecule has 0 bridgehead atoms. The van der Waals surface area contributed by atoms with E-state index in [0.717, 1.165) is 6.42 Å². The fourth-order valence-electron chi connectivity index (χ4n) is 0.919. The fraction of sp³-hybridized carbons (Fsp3) is 0.714. The molecule has 0 rings (SSSR count). The number of nitrogens with one attached hydrogen (secondary N) is 2. The van der Waals surface area contributed by atoms with Gasteiger partial charge in [0.2, 0.25) is 0 Å². The maximum absolute atomic E-state index is 10.7. The van der Waals surface area contributed by atoms with E-state index in [0.29, 0.717) is 6.42 Å². The van der Waals surface area contributed by atoms with E-state index in [1.165, 1.54) is 0 Å². The standard InChI is InChI=1S/C7H16N4O2.ClH/c1-2-3-4-7(10,5(12)13)11-6(8)9;/h2-4,10H2,1H3,(H,12,13)(H4,8,9,11);1H. The molecule has 0 aliphatic rings. The van der Waals surface area contributed by atoms with E-state index in [9.17, 15) is 4.79 Å². The molecule has 1 atom stereocenters. The quantitative estimate of drug-likeness (QED) is 0.252. The minimum atomic E-state index is -1.61. The van der Waals surface area contributed by atoms with Gasteiger partial charge < -0.3 is 16.2 Å². The number of hydrogen-bond acceptors (Lipinski definition) is 3. The van der Waals surface area contributed by atoms with Crippen molar-refractivity contribution in [3.63, 3.8) is 0 Å². The summed E-state index contributed by atoms with van der Waals surface area (Å²) in [4.78, 5) is 10.7. The van der Waals surface area contributed by atoms with Gasteiger partial charge in [0.15, 0.2) is 11.6 Å². The van der Waals surface area contributed by atoms with Gasteiger partial charge in [0.1, 0.15) is 0 Å². The first kappa shape index (κ1) is 15.5. The lowest BCUT2D eigenvalue weighted by atomic mass is 10.0. The average Bonchev–Trinajstić information content (AvgIpc) is 1.99. The van der Waals surface area contributed by atoms with Crippen molar-refractivity contribution in [2.75, 3.05) is 0 Å². The third kappa shape index (κ3) is 4.88. The predicted octanol–water partition coefficient (Wildman–Crippen LogP) is -0.179. The number of unbranched alkanes of at least 4 members (excludes halogenated alkanes) is 1. The van der Waals surface area contributed by atoms with Crippen LogP contribution in [0.15, 0.2) is 0 Å². The Morgan fingerprint density at radius 2 is 2.14 bits per heavy atom. The molecule has 0 fully saturated rings. The zero-order chi connectivity index (χ0) is 10.5. The topological polar surface area (TPSA) is 125 Å². The second-order valence-corrected chi connectivity index (χ2v) is 2.92. The number of aliphatic carboxylic acids is 1. The molecule has 0 aliphatic heterocycles. The van der Waals surface area contributed by atoms with Gasteiger partial charge in [-0.25, -0.2) is 4.79 Å². The summed E-state index contributed by atoms with van der Waals surface area (Å²) in [5.74, 6) is -1.63. The Hall–Kier alpha value is -1.01. The largest absolute Gasteiger partial charge is 0.478 e. The predicted molar refractivity (Wildman–Crippen MR) is 56.4 cm³/mol. The Balaban J connectivity index is 0. The van der Waals surface area contributed by atoms with Gasteiger partial charge in [0.05, 0.1) is 0 Å². The van der Waals surface area contributed by atoms with Crippen LogP contribution in [-0.4, -0.2) is 22.7 Å². The van der Waals surface area contributed by atoms with Crippen LogP contribution in [0.1, 0.15) is 26.2 Å². The molecule has 6 nitrogen and oxygen atoms in total. The summed E-state index contributed by atoms with van der Waals surface area (Å²) in [6.45, 7) is 1.93. The molecule has 14 heavy (non-hydrogen) atoms. The number of guanidine groups is 1. The molecule has 7 N–H and O–H groups in total. The number of carboxylic acids is 1. The lowest BCUT2D eigenvalue weighted by Crippen LogP contribution is -2.62. The summed E-state index contributed by atoms with van der Waals surface area (Å²) in [6.07, 6.45) is 1.76. The van der Waals surface area contributed by atoms with Crippen LogP contribution < -0.4 is 16.8 Å². The highest BCUT2D eigenvalue weighted by molar-refractivity contribution is 5.86. The number of halogens is 1. The zero-order valence-electron chi connectivity index (χ0n) is 8.04. The molecule has 0 heterocycles. The fourth-order valence-corrected chi connectivity index (χ4v) is 0.919. The molecule has 0 amide bonds. The van der Waals surface area contributed by atoms with Gasteiger partial charge in [-0.1, -0.05) is 13.3 Å². The highest BCUT2D eigenvalue weighted by Crippen LogP contribution is 2.07. The molecular weight excluding hydrogens is 208 g/mol. The second kappa shape index (κ2) is 6.44. The normalized spacial score (nSPS) is 13.6. The summed E-state index contributed by atoms with van der Waals surface area (Å²) in [7, 11) is 0. The van der Waals surface area contributed by atoms with Gasteiger partial charge in [-0.3, -0.25) is 11.1 Å². The lowest BCUT2D eigenvalue weighted by Gasteiger charge is -2.25. The van der Waals surface area contributed by atoms with Crippen LogP contribution in [-0.2, 0) is 4.79 Å². The molecule has 0 aliphatic carbocycles. The van der Waals surface area contributed by atoms with E-state index in [2.05, 4.69) is 5.32 Å². The van der Waals surface area contributed by atoms with Crippen molar-refractivity contribution < 1.29 is 9.90 Å². The number of hydrogen-bond donors (Lipinski definition) is 5. The van der Waals surface area contributed by atoms with Crippen molar-refractivity contribution >= 4 is 24.3 Å². The molecule has 0 radical (unpaired) electrons. The molecule has 7 heteroatoms. The third-order valence-electron chi connectivity index (χ3n) is 1.66. The summed E-state index contributed by atoms with van der Waals surface area (Å²) in [5, 5.41) is 17.9. The summed E-state index contributed by atoms with van der Waals surface area (Å²) in [6, 6.07) is 0. The molecule has 0 aromatic carbocycles. The Morgan fingerprint density at radius 3 is 2.43 bits per heavy atom.